The molecule has 6 nitrogen and oxygen atoms in total. The second-order valence-electron chi connectivity index (χ2n) is 9.41. The number of methoxy groups -OCH3 is 1. The Morgan fingerprint density at radius 2 is 1.49 bits per heavy atom. The van der Waals surface area contributed by atoms with E-state index in [-0.39, 0.29) is 11.6 Å². The molecule has 0 saturated carbocycles. The number of hydrogen-bond donors (Lipinski definition) is 1. The molecule has 0 aliphatic heterocycles. The molecule has 0 saturated heterocycles. The Morgan fingerprint density at radius 1 is 0.846 bits per heavy atom. The maximum absolute atomic E-state index is 14.3. The number of benzene rings is 4. The number of H-pyrrole nitrogens is 1. The molecule has 4 aromatic carbocycles. The Kier molecular flexibility index (Phi) is 6.43. The molecule has 1 atom stereocenters. The second-order valence-corrected chi connectivity index (χ2v) is 9.41. The number of hydrogen-bond acceptors (Lipinski definition) is 5. The number of rotatable bonds is 7. The smallest absolute Gasteiger partial charge is 0.180 e. The third-order valence-electron chi connectivity index (χ3n) is 7.05. The van der Waals surface area contributed by atoms with Crippen LogP contribution in [0.4, 0.5) is 0 Å². The molecule has 0 spiro atoms. The Morgan fingerprint density at radius 3 is 2.15 bits per heavy atom. The van der Waals surface area contributed by atoms with Gasteiger partial charge >= 0.3 is 0 Å². The minimum absolute atomic E-state index is 0.222. The number of Topliss-reactive ketones (excluding diaryl/α,β-unsaturated/α-hetero) is 2. The van der Waals surface area contributed by atoms with E-state index < -0.39 is 11.8 Å². The van der Waals surface area contributed by atoms with E-state index in [4.69, 9.17) is 4.74 Å². The van der Waals surface area contributed by atoms with Crippen molar-refractivity contribution in [1.82, 2.24) is 4.98 Å². The standard InChI is InChI=1S/C33H25N3O3/c1-39-25-16-17-28-23(19-25)18-24(35-28)20-34-36-31-26-14-8-9-15-27(26)32(37)30(31)33(38)29(21-10-4-2-5-11-21)22-12-6-3-7-13-22/h2-20,29-30,35H,1H3/b34-20+,36-31?. The summed E-state index contributed by atoms with van der Waals surface area (Å²) in [5, 5.41) is 9.79. The molecule has 1 N–H and O–H groups in total. The van der Waals surface area contributed by atoms with E-state index >= 15 is 0 Å². The molecule has 0 amide bonds. The molecule has 0 bridgehead atoms. The van der Waals surface area contributed by atoms with E-state index in [9.17, 15) is 9.59 Å². The van der Waals surface area contributed by atoms with Crippen molar-refractivity contribution in [2.24, 2.45) is 16.1 Å². The van der Waals surface area contributed by atoms with E-state index in [1.807, 2.05) is 97.1 Å². The maximum Gasteiger partial charge on any atom is 0.180 e. The molecule has 1 aliphatic carbocycles. The molecule has 1 aromatic heterocycles. The number of nitrogens with one attached hydrogen (secondary N) is 1. The predicted octanol–water partition coefficient (Wildman–Crippen LogP) is 6.21. The lowest BCUT2D eigenvalue weighted by Gasteiger charge is -2.20. The van der Waals surface area contributed by atoms with Gasteiger partial charge in [0, 0.05) is 22.0 Å². The number of carbonyl (C=O) groups excluding carboxylic acids is 2. The van der Waals surface area contributed by atoms with Crippen molar-refractivity contribution < 1.29 is 14.3 Å². The van der Waals surface area contributed by atoms with Gasteiger partial charge in [-0.1, -0.05) is 84.9 Å². The first-order valence-corrected chi connectivity index (χ1v) is 12.7. The van der Waals surface area contributed by atoms with Crippen molar-refractivity contribution >= 4 is 34.4 Å². The van der Waals surface area contributed by atoms with Gasteiger partial charge in [0.2, 0.25) is 0 Å². The molecule has 6 heteroatoms. The predicted molar refractivity (Wildman–Crippen MR) is 153 cm³/mol. The molecule has 6 rings (SSSR count). The molecular weight excluding hydrogens is 486 g/mol. The third-order valence-corrected chi connectivity index (χ3v) is 7.05. The van der Waals surface area contributed by atoms with Crippen molar-refractivity contribution in [3.63, 3.8) is 0 Å². The van der Waals surface area contributed by atoms with Crippen molar-refractivity contribution in [3.05, 3.63) is 137 Å². The first-order valence-electron chi connectivity index (χ1n) is 12.7. The van der Waals surface area contributed by atoms with Crippen LogP contribution in [-0.2, 0) is 4.79 Å². The van der Waals surface area contributed by atoms with Crippen molar-refractivity contribution in [2.45, 2.75) is 5.92 Å². The highest BCUT2D eigenvalue weighted by Gasteiger charge is 2.44. The lowest BCUT2D eigenvalue weighted by Crippen LogP contribution is -2.31. The number of aromatic amines is 1. The highest BCUT2D eigenvalue weighted by molar-refractivity contribution is 6.38. The van der Waals surface area contributed by atoms with E-state index in [0.29, 0.717) is 16.8 Å². The van der Waals surface area contributed by atoms with Gasteiger partial charge in [-0.05, 0) is 35.4 Å². The van der Waals surface area contributed by atoms with Crippen LogP contribution < -0.4 is 4.74 Å². The van der Waals surface area contributed by atoms with Gasteiger partial charge in [0.1, 0.15) is 11.7 Å². The molecule has 39 heavy (non-hydrogen) atoms. The molecule has 0 radical (unpaired) electrons. The Labute approximate surface area is 225 Å². The summed E-state index contributed by atoms with van der Waals surface area (Å²) >= 11 is 0. The summed E-state index contributed by atoms with van der Waals surface area (Å²) in [5.41, 5.74) is 4.83. The van der Waals surface area contributed by atoms with Gasteiger partial charge in [-0.15, -0.1) is 0 Å². The largest absolute Gasteiger partial charge is 0.497 e. The minimum Gasteiger partial charge on any atom is -0.497 e. The van der Waals surface area contributed by atoms with Crippen LogP contribution in [0.15, 0.2) is 119 Å². The van der Waals surface area contributed by atoms with Crippen LogP contribution in [0, 0.1) is 5.92 Å². The van der Waals surface area contributed by atoms with Crippen molar-refractivity contribution in [1.29, 1.82) is 0 Å². The van der Waals surface area contributed by atoms with E-state index in [1.165, 1.54) is 0 Å². The van der Waals surface area contributed by atoms with Gasteiger partial charge in [-0.2, -0.15) is 10.2 Å². The van der Waals surface area contributed by atoms with Gasteiger partial charge in [-0.25, -0.2) is 0 Å². The van der Waals surface area contributed by atoms with Crippen LogP contribution in [0.2, 0.25) is 0 Å². The number of carbonyl (C=O) groups is 2. The topological polar surface area (TPSA) is 83.9 Å². The zero-order valence-electron chi connectivity index (χ0n) is 21.2. The third kappa shape index (κ3) is 4.57. The maximum atomic E-state index is 14.3. The van der Waals surface area contributed by atoms with Crippen LogP contribution in [0.25, 0.3) is 10.9 Å². The lowest BCUT2D eigenvalue weighted by atomic mass is 9.80. The average Bonchev–Trinajstić information content (AvgIpc) is 3.52. The highest BCUT2D eigenvalue weighted by atomic mass is 16.5. The Bertz CT molecular complexity index is 1700. The molecule has 0 fully saturated rings. The van der Waals surface area contributed by atoms with E-state index in [0.717, 1.165) is 33.5 Å². The second kappa shape index (κ2) is 10.3. The molecule has 1 heterocycles. The summed E-state index contributed by atoms with van der Waals surface area (Å²) in [4.78, 5) is 31.2. The van der Waals surface area contributed by atoms with Gasteiger partial charge < -0.3 is 9.72 Å². The SMILES string of the molecule is COc1ccc2[nH]c(/C=N/N=C3c4ccccc4C(=O)C3C(=O)C(c3ccccc3)c3ccccc3)cc2c1. The summed E-state index contributed by atoms with van der Waals surface area (Å²) in [7, 11) is 1.63. The van der Waals surface area contributed by atoms with E-state index in [1.54, 1.807) is 25.5 Å². The molecule has 1 aliphatic rings. The fourth-order valence-corrected chi connectivity index (χ4v) is 5.19. The van der Waals surface area contributed by atoms with Crippen LogP contribution in [0.1, 0.15) is 38.7 Å². The van der Waals surface area contributed by atoms with Gasteiger partial charge in [-0.3, -0.25) is 9.59 Å². The fourth-order valence-electron chi connectivity index (χ4n) is 5.19. The highest BCUT2D eigenvalue weighted by Crippen LogP contribution is 2.35. The van der Waals surface area contributed by atoms with Crippen molar-refractivity contribution in [3.8, 4) is 5.75 Å². The number of fused-ring (bicyclic) bond motifs is 2. The fraction of sp³-hybridized carbons (Fsp3) is 0.0909. The monoisotopic (exact) mass is 511 g/mol. The van der Waals surface area contributed by atoms with Crippen molar-refractivity contribution in [2.75, 3.05) is 7.11 Å². The average molecular weight is 512 g/mol. The summed E-state index contributed by atoms with van der Waals surface area (Å²) in [6.45, 7) is 0. The van der Waals surface area contributed by atoms with Gasteiger partial charge in [0.15, 0.2) is 11.6 Å². The normalized spacial score (nSPS) is 15.9. The van der Waals surface area contributed by atoms with Crippen LogP contribution in [0.5, 0.6) is 5.75 Å². The molecule has 190 valence electrons. The molecule has 5 aromatic rings. The summed E-state index contributed by atoms with van der Waals surface area (Å²) in [6.07, 6.45) is 1.60. The van der Waals surface area contributed by atoms with Crippen LogP contribution in [0.3, 0.4) is 0 Å². The summed E-state index contributed by atoms with van der Waals surface area (Å²) in [5.74, 6) is -1.39. The lowest BCUT2D eigenvalue weighted by molar-refractivity contribution is -0.120. The van der Waals surface area contributed by atoms with Gasteiger partial charge in [0.05, 0.1) is 30.6 Å². The minimum atomic E-state index is -1.06. The number of ether oxygens (including phenoxy) is 1. The quantitative estimate of drug-likeness (QED) is 0.160. The van der Waals surface area contributed by atoms with Gasteiger partial charge in [0.25, 0.3) is 0 Å². The zero-order valence-corrected chi connectivity index (χ0v) is 21.2. The molecule has 1 unspecified atom stereocenters. The first kappa shape index (κ1) is 24.2. The Balaban J connectivity index is 1.40. The number of aromatic nitrogens is 1. The summed E-state index contributed by atoms with van der Waals surface area (Å²) in [6, 6.07) is 34.0. The molecular formula is C33H25N3O3. The van der Waals surface area contributed by atoms with E-state index in [2.05, 4.69) is 15.2 Å². The van der Waals surface area contributed by atoms with Crippen LogP contribution in [-0.4, -0.2) is 35.6 Å². The first-order chi connectivity index (χ1) is 19.1. The summed E-state index contributed by atoms with van der Waals surface area (Å²) < 4.78 is 5.31. The number of ketones is 2. The number of nitrogens with zero attached hydrogens (tertiary/aromatic N) is 2. The van der Waals surface area contributed by atoms with Crippen LogP contribution >= 0.6 is 0 Å². The zero-order chi connectivity index (χ0) is 26.8. The Hall–Kier alpha value is -5.10.